The van der Waals surface area contributed by atoms with Crippen molar-refractivity contribution in [2.24, 2.45) is 0 Å². The van der Waals surface area contributed by atoms with Gasteiger partial charge in [0.25, 0.3) is 0 Å². The lowest BCUT2D eigenvalue weighted by molar-refractivity contribution is 0.193. The molecule has 2 amide bonds. The third-order valence-electron chi connectivity index (χ3n) is 3.85. The molecule has 1 fully saturated rings. The van der Waals surface area contributed by atoms with Gasteiger partial charge in [0.05, 0.1) is 6.04 Å². The molecule has 4 nitrogen and oxygen atoms in total. The van der Waals surface area contributed by atoms with E-state index in [1.807, 2.05) is 23.2 Å². The monoisotopic (exact) mass is 301 g/mol. The highest BCUT2D eigenvalue weighted by atomic mass is 32.1. The Labute approximate surface area is 128 Å². The van der Waals surface area contributed by atoms with E-state index < -0.39 is 0 Å². The molecule has 3 rings (SSSR count). The lowest BCUT2D eigenvalue weighted by atomic mass is 10.1. The standard InChI is InChI=1S/C16H19N3OS/c20-16(18-8-5-13-3-1-7-17-11-13)19-9-2-4-15(19)14-6-10-21-12-14/h1,3,6-7,10-12,15H,2,4-5,8-9H2,(H,18,20)/t15-/m0/s1. The fourth-order valence-corrected chi connectivity index (χ4v) is 3.49. The number of carbonyl (C=O) groups is 1. The third-order valence-corrected chi connectivity index (χ3v) is 4.56. The zero-order valence-electron chi connectivity index (χ0n) is 11.9. The lowest BCUT2D eigenvalue weighted by Crippen LogP contribution is -2.40. The Morgan fingerprint density at radius 1 is 1.48 bits per heavy atom. The Balaban J connectivity index is 1.53. The van der Waals surface area contributed by atoms with Crippen molar-refractivity contribution in [1.29, 1.82) is 0 Å². The summed E-state index contributed by atoms with van der Waals surface area (Å²) in [5, 5.41) is 7.25. The smallest absolute Gasteiger partial charge is 0.317 e. The fourth-order valence-electron chi connectivity index (χ4n) is 2.78. The van der Waals surface area contributed by atoms with Crippen LogP contribution in [0.5, 0.6) is 0 Å². The highest BCUT2D eigenvalue weighted by Crippen LogP contribution is 2.32. The van der Waals surface area contributed by atoms with Gasteiger partial charge in [0.15, 0.2) is 0 Å². The van der Waals surface area contributed by atoms with Crippen molar-refractivity contribution in [3.63, 3.8) is 0 Å². The summed E-state index contributed by atoms with van der Waals surface area (Å²) in [7, 11) is 0. The maximum atomic E-state index is 12.3. The molecule has 0 saturated carbocycles. The normalized spacial score (nSPS) is 17.9. The van der Waals surface area contributed by atoms with E-state index in [9.17, 15) is 4.79 Å². The Hall–Kier alpha value is -1.88. The molecule has 1 aliphatic rings. The summed E-state index contributed by atoms with van der Waals surface area (Å²) in [5.41, 5.74) is 2.41. The number of rotatable bonds is 4. The maximum absolute atomic E-state index is 12.3. The molecule has 0 radical (unpaired) electrons. The second-order valence-electron chi connectivity index (χ2n) is 5.25. The van der Waals surface area contributed by atoms with Gasteiger partial charge in [0.1, 0.15) is 0 Å². The number of carbonyl (C=O) groups excluding carboxylic acids is 1. The van der Waals surface area contributed by atoms with E-state index in [2.05, 4.69) is 27.1 Å². The lowest BCUT2D eigenvalue weighted by Gasteiger charge is -2.24. The number of amides is 2. The van der Waals surface area contributed by atoms with E-state index >= 15 is 0 Å². The molecule has 21 heavy (non-hydrogen) atoms. The molecule has 0 unspecified atom stereocenters. The third kappa shape index (κ3) is 3.42. The highest BCUT2D eigenvalue weighted by molar-refractivity contribution is 7.07. The second-order valence-corrected chi connectivity index (χ2v) is 6.03. The van der Waals surface area contributed by atoms with Gasteiger partial charge in [-0.1, -0.05) is 6.07 Å². The summed E-state index contributed by atoms with van der Waals surface area (Å²) in [6.45, 7) is 1.50. The largest absolute Gasteiger partial charge is 0.338 e. The number of nitrogens with one attached hydrogen (secondary N) is 1. The Kier molecular flexibility index (Phi) is 4.50. The second kappa shape index (κ2) is 6.72. The quantitative estimate of drug-likeness (QED) is 0.942. The summed E-state index contributed by atoms with van der Waals surface area (Å²) in [4.78, 5) is 18.4. The Morgan fingerprint density at radius 2 is 2.43 bits per heavy atom. The van der Waals surface area contributed by atoms with Crippen LogP contribution in [0.2, 0.25) is 0 Å². The molecule has 110 valence electrons. The zero-order valence-corrected chi connectivity index (χ0v) is 12.7. The number of urea groups is 1. The van der Waals surface area contributed by atoms with Gasteiger partial charge in [0.2, 0.25) is 0 Å². The SMILES string of the molecule is O=C(NCCc1cccnc1)N1CCC[C@H]1c1ccsc1. The molecule has 0 aromatic carbocycles. The maximum Gasteiger partial charge on any atom is 0.317 e. The van der Waals surface area contributed by atoms with Crippen LogP contribution in [0.25, 0.3) is 0 Å². The van der Waals surface area contributed by atoms with Crippen LogP contribution in [-0.2, 0) is 6.42 Å². The van der Waals surface area contributed by atoms with Crippen LogP contribution in [-0.4, -0.2) is 29.0 Å². The number of pyridine rings is 1. The van der Waals surface area contributed by atoms with E-state index in [-0.39, 0.29) is 12.1 Å². The molecule has 1 saturated heterocycles. The van der Waals surface area contributed by atoms with E-state index in [1.165, 1.54) is 5.56 Å². The topological polar surface area (TPSA) is 45.2 Å². The molecule has 3 heterocycles. The first-order valence-electron chi connectivity index (χ1n) is 7.30. The molecule has 5 heteroatoms. The molecule has 1 N–H and O–H groups in total. The van der Waals surface area contributed by atoms with Crippen molar-refractivity contribution in [2.75, 3.05) is 13.1 Å². The molecule has 1 atom stereocenters. The van der Waals surface area contributed by atoms with Crippen LogP contribution in [0.15, 0.2) is 41.4 Å². The predicted molar refractivity (Wildman–Crippen MR) is 84.3 cm³/mol. The summed E-state index contributed by atoms with van der Waals surface area (Å²) >= 11 is 1.69. The van der Waals surface area contributed by atoms with Crippen molar-refractivity contribution < 1.29 is 4.79 Å². The van der Waals surface area contributed by atoms with Crippen LogP contribution in [0, 0.1) is 0 Å². The van der Waals surface area contributed by atoms with Gasteiger partial charge in [-0.15, -0.1) is 0 Å². The van der Waals surface area contributed by atoms with Crippen molar-refractivity contribution >= 4 is 17.4 Å². The van der Waals surface area contributed by atoms with Crippen LogP contribution in [0.3, 0.4) is 0 Å². The molecule has 2 aromatic heterocycles. The van der Waals surface area contributed by atoms with Crippen LogP contribution in [0.1, 0.15) is 30.0 Å². The van der Waals surface area contributed by atoms with Crippen LogP contribution < -0.4 is 5.32 Å². The Morgan fingerprint density at radius 3 is 3.19 bits per heavy atom. The molecular formula is C16H19N3OS. The molecule has 2 aromatic rings. The van der Waals surface area contributed by atoms with Crippen molar-refractivity contribution in [3.8, 4) is 0 Å². The number of hydrogen-bond acceptors (Lipinski definition) is 3. The summed E-state index contributed by atoms with van der Waals surface area (Å²) < 4.78 is 0. The molecule has 1 aliphatic heterocycles. The minimum absolute atomic E-state index is 0.0487. The molecule has 0 bridgehead atoms. The van der Waals surface area contributed by atoms with Gasteiger partial charge >= 0.3 is 6.03 Å². The van der Waals surface area contributed by atoms with Crippen molar-refractivity contribution in [2.45, 2.75) is 25.3 Å². The number of aromatic nitrogens is 1. The summed E-state index contributed by atoms with van der Waals surface area (Å²) in [6.07, 6.45) is 6.56. The highest BCUT2D eigenvalue weighted by Gasteiger charge is 2.29. The number of thiophene rings is 1. The van der Waals surface area contributed by atoms with Crippen molar-refractivity contribution in [1.82, 2.24) is 15.2 Å². The molecular weight excluding hydrogens is 282 g/mol. The first-order chi connectivity index (χ1) is 10.3. The van der Waals surface area contributed by atoms with Gasteiger partial charge < -0.3 is 10.2 Å². The first-order valence-corrected chi connectivity index (χ1v) is 8.24. The van der Waals surface area contributed by atoms with Gasteiger partial charge in [-0.2, -0.15) is 11.3 Å². The van der Waals surface area contributed by atoms with Gasteiger partial charge in [-0.3, -0.25) is 4.98 Å². The van der Waals surface area contributed by atoms with Gasteiger partial charge in [-0.05, 0) is 53.3 Å². The van der Waals surface area contributed by atoms with E-state index in [0.29, 0.717) is 6.54 Å². The van der Waals surface area contributed by atoms with E-state index in [0.717, 1.165) is 31.4 Å². The molecule has 0 aliphatic carbocycles. The van der Waals surface area contributed by atoms with E-state index in [4.69, 9.17) is 0 Å². The number of hydrogen-bond donors (Lipinski definition) is 1. The summed E-state index contributed by atoms with van der Waals surface area (Å²) in [5.74, 6) is 0. The zero-order chi connectivity index (χ0) is 14.5. The minimum Gasteiger partial charge on any atom is -0.338 e. The predicted octanol–water partition coefficient (Wildman–Crippen LogP) is 3.23. The van der Waals surface area contributed by atoms with Crippen LogP contribution in [0.4, 0.5) is 4.79 Å². The minimum atomic E-state index is 0.0487. The number of nitrogens with zero attached hydrogens (tertiary/aromatic N) is 2. The van der Waals surface area contributed by atoms with Crippen molar-refractivity contribution in [3.05, 3.63) is 52.5 Å². The van der Waals surface area contributed by atoms with Gasteiger partial charge in [0, 0.05) is 25.5 Å². The van der Waals surface area contributed by atoms with Crippen LogP contribution >= 0.6 is 11.3 Å². The molecule has 0 spiro atoms. The average Bonchev–Trinajstić information content (AvgIpc) is 3.19. The summed E-state index contributed by atoms with van der Waals surface area (Å²) in [6, 6.07) is 6.37. The fraction of sp³-hybridized carbons (Fsp3) is 0.375. The Bertz CT molecular complexity index is 570. The van der Waals surface area contributed by atoms with Gasteiger partial charge in [-0.25, -0.2) is 4.79 Å². The van der Waals surface area contributed by atoms with E-state index in [1.54, 1.807) is 17.5 Å². The average molecular weight is 301 g/mol. The first kappa shape index (κ1) is 14.1. The number of likely N-dealkylation sites (tertiary alicyclic amines) is 1.